The first-order valence-electron chi connectivity index (χ1n) is 11.4. The molecule has 4 aromatic rings. The molecule has 2 heterocycles. The quantitative estimate of drug-likeness (QED) is 0.395. The number of piperazine rings is 1. The van der Waals surface area contributed by atoms with E-state index in [1.165, 1.54) is 12.1 Å². The van der Waals surface area contributed by atoms with Gasteiger partial charge in [0.2, 0.25) is 11.7 Å². The fraction of sp³-hybridized carbons (Fsp3) is 0.185. The fourth-order valence-electron chi connectivity index (χ4n) is 4.61. The summed E-state index contributed by atoms with van der Waals surface area (Å²) in [6.45, 7) is 3.62. The predicted molar refractivity (Wildman–Crippen MR) is 137 cm³/mol. The molecule has 0 spiro atoms. The number of carbonyl (C=O) groups is 1. The Bertz CT molecular complexity index is 1590. The van der Waals surface area contributed by atoms with Gasteiger partial charge in [-0.05, 0) is 47.5 Å². The third kappa shape index (κ3) is 4.08. The van der Waals surface area contributed by atoms with Crippen molar-refractivity contribution < 1.29 is 14.3 Å². The van der Waals surface area contributed by atoms with Gasteiger partial charge in [-0.15, -0.1) is 0 Å². The normalized spacial score (nSPS) is 14.1. The van der Waals surface area contributed by atoms with Gasteiger partial charge in [-0.1, -0.05) is 41.9 Å². The lowest BCUT2D eigenvalue weighted by atomic mass is 9.96. The molecular weight excluding hydrogens is 481 g/mol. The molecule has 1 N–H and O–H groups in total. The third-order valence-electron chi connectivity index (χ3n) is 6.28. The SMILES string of the molecule is C/C=C/C(=O)N1CCN(c2nc(C#N)nc3c(F)c(-c4cc(O)cc5ccccc45)c(Cl)cc23)CC1. The van der Waals surface area contributed by atoms with Gasteiger partial charge in [0.1, 0.15) is 23.2 Å². The van der Waals surface area contributed by atoms with E-state index in [2.05, 4.69) is 9.97 Å². The molecule has 1 saturated heterocycles. The van der Waals surface area contributed by atoms with Crippen molar-refractivity contribution in [2.45, 2.75) is 6.92 Å². The maximum atomic E-state index is 16.1. The van der Waals surface area contributed by atoms with Gasteiger partial charge in [0.05, 0.1) is 5.02 Å². The van der Waals surface area contributed by atoms with Crippen molar-refractivity contribution in [1.29, 1.82) is 5.26 Å². The number of allylic oxidation sites excluding steroid dienone is 1. The van der Waals surface area contributed by atoms with Crippen LogP contribution in [-0.4, -0.2) is 52.1 Å². The molecule has 5 rings (SSSR count). The predicted octanol–water partition coefficient (Wildman–Crippen LogP) is 5.04. The molecule has 1 amide bonds. The molecule has 0 bridgehead atoms. The summed E-state index contributed by atoms with van der Waals surface area (Å²) in [5, 5.41) is 21.8. The number of amides is 1. The topological polar surface area (TPSA) is 93.4 Å². The van der Waals surface area contributed by atoms with E-state index in [0.717, 1.165) is 5.39 Å². The number of hydrogen-bond acceptors (Lipinski definition) is 6. The van der Waals surface area contributed by atoms with Crippen LogP contribution in [0.25, 0.3) is 32.8 Å². The van der Waals surface area contributed by atoms with E-state index < -0.39 is 5.82 Å². The van der Waals surface area contributed by atoms with Gasteiger partial charge < -0.3 is 14.9 Å². The van der Waals surface area contributed by atoms with Crippen LogP contribution in [0.15, 0.2) is 54.6 Å². The highest BCUT2D eigenvalue weighted by atomic mass is 35.5. The van der Waals surface area contributed by atoms with Gasteiger partial charge >= 0.3 is 0 Å². The van der Waals surface area contributed by atoms with Crippen molar-refractivity contribution in [3.63, 3.8) is 0 Å². The Hall–Kier alpha value is -4.22. The Labute approximate surface area is 211 Å². The van der Waals surface area contributed by atoms with Crippen molar-refractivity contribution in [3.05, 3.63) is 71.3 Å². The Balaban J connectivity index is 1.65. The number of phenols is 1. The number of nitriles is 1. The van der Waals surface area contributed by atoms with Crippen molar-refractivity contribution in [1.82, 2.24) is 14.9 Å². The molecule has 1 aliphatic heterocycles. The van der Waals surface area contributed by atoms with Crippen LogP contribution in [0.2, 0.25) is 5.02 Å². The number of benzene rings is 3. The number of aromatic nitrogens is 2. The summed E-state index contributed by atoms with van der Waals surface area (Å²) in [5.41, 5.74) is 0.479. The van der Waals surface area contributed by atoms with E-state index in [9.17, 15) is 15.2 Å². The molecule has 0 atom stereocenters. The molecule has 3 aromatic carbocycles. The van der Waals surface area contributed by atoms with Crippen molar-refractivity contribution in [2.75, 3.05) is 31.1 Å². The first-order chi connectivity index (χ1) is 17.4. The minimum absolute atomic E-state index is 0.0225. The van der Waals surface area contributed by atoms with Crippen molar-refractivity contribution >= 4 is 45.0 Å². The van der Waals surface area contributed by atoms with Gasteiger partial charge in [0, 0.05) is 37.1 Å². The first kappa shape index (κ1) is 23.5. The van der Waals surface area contributed by atoms with E-state index in [4.69, 9.17) is 11.6 Å². The van der Waals surface area contributed by atoms with Crippen molar-refractivity contribution in [3.8, 4) is 22.9 Å². The number of anilines is 1. The average Bonchev–Trinajstić information content (AvgIpc) is 2.88. The summed E-state index contributed by atoms with van der Waals surface area (Å²) in [6, 6.07) is 13.9. The third-order valence-corrected chi connectivity index (χ3v) is 6.58. The average molecular weight is 502 g/mol. The van der Waals surface area contributed by atoms with E-state index in [1.54, 1.807) is 30.0 Å². The first-order valence-corrected chi connectivity index (χ1v) is 11.8. The van der Waals surface area contributed by atoms with Gasteiger partial charge in [-0.2, -0.15) is 5.26 Å². The van der Waals surface area contributed by atoms with Gasteiger partial charge in [0.15, 0.2) is 5.82 Å². The lowest BCUT2D eigenvalue weighted by molar-refractivity contribution is -0.126. The summed E-state index contributed by atoms with van der Waals surface area (Å²) in [7, 11) is 0. The number of phenolic OH excluding ortho intramolecular Hbond substituents is 1. The van der Waals surface area contributed by atoms with Crippen LogP contribution in [0.4, 0.5) is 10.2 Å². The Kier molecular flexibility index (Phi) is 6.17. The number of aromatic hydroxyl groups is 1. The second-order valence-corrected chi connectivity index (χ2v) is 8.86. The second-order valence-electron chi connectivity index (χ2n) is 8.45. The molecule has 36 heavy (non-hydrogen) atoms. The molecule has 0 unspecified atom stereocenters. The number of carbonyl (C=O) groups excluding carboxylic acids is 1. The maximum Gasteiger partial charge on any atom is 0.246 e. The highest BCUT2D eigenvalue weighted by molar-refractivity contribution is 6.35. The number of fused-ring (bicyclic) bond motifs is 2. The van der Waals surface area contributed by atoms with E-state index in [-0.39, 0.29) is 33.6 Å². The van der Waals surface area contributed by atoms with Crippen LogP contribution in [0.3, 0.4) is 0 Å². The monoisotopic (exact) mass is 501 g/mol. The molecular formula is C27H21ClFN5O2. The van der Waals surface area contributed by atoms with Crippen molar-refractivity contribution in [2.24, 2.45) is 0 Å². The van der Waals surface area contributed by atoms with Crippen LogP contribution >= 0.6 is 11.6 Å². The minimum atomic E-state index is -0.699. The van der Waals surface area contributed by atoms with Gasteiger partial charge in [-0.3, -0.25) is 4.79 Å². The van der Waals surface area contributed by atoms with E-state index >= 15 is 4.39 Å². The smallest absolute Gasteiger partial charge is 0.246 e. The lowest BCUT2D eigenvalue weighted by Crippen LogP contribution is -2.48. The highest BCUT2D eigenvalue weighted by Gasteiger charge is 2.26. The molecule has 7 nitrogen and oxygen atoms in total. The van der Waals surface area contributed by atoms with Gasteiger partial charge in [-0.25, -0.2) is 14.4 Å². The van der Waals surface area contributed by atoms with E-state index in [0.29, 0.717) is 48.3 Å². The zero-order valence-corrected chi connectivity index (χ0v) is 20.1. The molecule has 1 aliphatic rings. The number of hydrogen-bond donors (Lipinski definition) is 1. The molecule has 0 aliphatic carbocycles. The lowest BCUT2D eigenvalue weighted by Gasteiger charge is -2.35. The maximum absolute atomic E-state index is 16.1. The van der Waals surface area contributed by atoms with Crippen LogP contribution in [0.5, 0.6) is 5.75 Å². The molecule has 9 heteroatoms. The van der Waals surface area contributed by atoms with Crippen LogP contribution in [-0.2, 0) is 4.79 Å². The Morgan fingerprint density at radius 1 is 1.14 bits per heavy atom. The molecule has 1 fully saturated rings. The summed E-state index contributed by atoms with van der Waals surface area (Å²) >= 11 is 6.66. The molecule has 0 saturated carbocycles. The highest BCUT2D eigenvalue weighted by Crippen LogP contribution is 2.42. The molecule has 180 valence electrons. The van der Waals surface area contributed by atoms with E-state index in [1.807, 2.05) is 35.2 Å². The zero-order chi connectivity index (χ0) is 25.4. The molecule has 0 radical (unpaired) electrons. The molecule has 1 aromatic heterocycles. The Morgan fingerprint density at radius 2 is 1.89 bits per heavy atom. The summed E-state index contributed by atoms with van der Waals surface area (Å²) in [6.07, 6.45) is 3.22. The summed E-state index contributed by atoms with van der Waals surface area (Å²) in [4.78, 5) is 24.4. The largest absolute Gasteiger partial charge is 0.508 e. The standard InChI is InChI=1S/C27H21ClFN5O2/c1-2-5-23(36)33-8-10-34(11-9-33)27-20-14-21(28)24(25(29)26(20)31-22(15-30)32-27)19-13-17(35)12-16-6-3-4-7-18(16)19/h2-7,12-14,35H,8-11H2,1H3/b5-2+. The van der Waals surface area contributed by atoms with Crippen LogP contribution < -0.4 is 4.90 Å². The zero-order valence-electron chi connectivity index (χ0n) is 19.4. The number of halogens is 2. The Morgan fingerprint density at radius 3 is 2.61 bits per heavy atom. The summed E-state index contributed by atoms with van der Waals surface area (Å²) < 4.78 is 16.1. The second kappa shape index (κ2) is 9.44. The van der Waals surface area contributed by atoms with Gasteiger partial charge in [0.25, 0.3) is 0 Å². The van der Waals surface area contributed by atoms with Crippen LogP contribution in [0, 0.1) is 17.1 Å². The fourth-order valence-corrected chi connectivity index (χ4v) is 4.90. The minimum Gasteiger partial charge on any atom is -0.508 e. The summed E-state index contributed by atoms with van der Waals surface area (Å²) in [5.74, 6) is -0.568. The van der Waals surface area contributed by atoms with Crippen LogP contribution in [0.1, 0.15) is 12.7 Å². The number of rotatable bonds is 3. The number of nitrogens with zero attached hydrogens (tertiary/aromatic N) is 5.